The van der Waals surface area contributed by atoms with Crippen LogP contribution in [0.4, 0.5) is 11.4 Å². The van der Waals surface area contributed by atoms with Crippen LogP contribution in [-0.4, -0.2) is 47.5 Å². The van der Waals surface area contributed by atoms with Crippen LogP contribution >= 0.6 is 11.8 Å². The lowest BCUT2D eigenvalue weighted by molar-refractivity contribution is -0.113. The Morgan fingerprint density at radius 3 is 2.67 bits per heavy atom. The Kier molecular flexibility index (Phi) is 6.40. The van der Waals surface area contributed by atoms with E-state index in [1.807, 2.05) is 41.1 Å². The predicted molar refractivity (Wildman–Crippen MR) is 122 cm³/mol. The van der Waals surface area contributed by atoms with Crippen molar-refractivity contribution in [3.63, 3.8) is 0 Å². The summed E-state index contributed by atoms with van der Waals surface area (Å²) < 4.78 is 7.44. The standard InChI is InChI=1S/C23H26N4O2S/c1-17-4-3-5-21(18(17)2)27-11-10-24-23(27)30-16-22(28)25-19-6-8-20(9-7-19)26-12-14-29-15-13-26/h3-11H,12-16H2,1-2H3,(H,25,28). The van der Waals surface area contributed by atoms with Crippen LogP contribution in [0.5, 0.6) is 0 Å². The number of imidazole rings is 1. The molecule has 6 nitrogen and oxygen atoms in total. The van der Waals surface area contributed by atoms with Gasteiger partial charge < -0.3 is 15.0 Å². The number of anilines is 2. The first-order valence-corrected chi connectivity index (χ1v) is 11.1. The molecule has 1 amide bonds. The van der Waals surface area contributed by atoms with Crippen LogP contribution in [0.1, 0.15) is 11.1 Å². The van der Waals surface area contributed by atoms with Crippen molar-refractivity contribution in [2.24, 2.45) is 0 Å². The highest BCUT2D eigenvalue weighted by Gasteiger charge is 2.13. The number of nitrogens with one attached hydrogen (secondary N) is 1. The monoisotopic (exact) mass is 422 g/mol. The summed E-state index contributed by atoms with van der Waals surface area (Å²) in [4.78, 5) is 19.2. The molecule has 1 aliphatic rings. The zero-order valence-electron chi connectivity index (χ0n) is 17.3. The fourth-order valence-corrected chi connectivity index (χ4v) is 4.25. The van der Waals surface area contributed by atoms with Gasteiger partial charge in [0.05, 0.1) is 24.7 Å². The Hall–Kier alpha value is -2.77. The number of morpholine rings is 1. The van der Waals surface area contributed by atoms with E-state index in [1.54, 1.807) is 6.20 Å². The molecule has 1 fully saturated rings. The molecular formula is C23H26N4O2S. The number of hydrogen-bond donors (Lipinski definition) is 1. The Bertz CT molecular complexity index is 1010. The molecule has 3 aromatic rings. The first kappa shape index (κ1) is 20.5. The van der Waals surface area contributed by atoms with E-state index in [1.165, 1.54) is 22.9 Å². The molecule has 4 rings (SSSR count). The lowest BCUT2D eigenvalue weighted by Crippen LogP contribution is -2.36. The maximum Gasteiger partial charge on any atom is 0.234 e. The normalized spacial score (nSPS) is 14.0. The third-order valence-electron chi connectivity index (χ3n) is 5.30. The van der Waals surface area contributed by atoms with E-state index in [0.29, 0.717) is 5.75 Å². The molecule has 7 heteroatoms. The number of benzene rings is 2. The van der Waals surface area contributed by atoms with Crippen molar-refractivity contribution in [3.05, 3.63) is 66.0 Å². The molecule has 0 atom stereocenters. The SMILES string of the molecule is Cc1cccc(-n2ccnc2SCC(=O)Nc2ccc(N3CCOCC3)cc2)c1C. The third-order valence-corrected chi connectivity index (χ3v) is 6.27. The van der Waals surface area contributed by atoms with Gasteiger partial charge in [0.1, 0.15) is 0 Å². The number of hydrogen-bond acceptors (Lipinski definition) is 5. The van der Waals surface area contributed by atoms with Gasteiger partial charge in [-0.1, -0.05) is 23.9 Å². The molecular weight excluding hydrogens is 396 g/mol. The van der Waals surface area contributed by atoms with Gasteiger partial charge in [-0.15, -0.1) is 0 Å². The second-order valence-electron chi connectivity index (χ2n) is 7.28. The number of ether oxygens (including phenoxy) is 1. The average Bonchev–Trinajstić information content (AvgIpc) is 3.24. The minimum Gasteiger partial charge on any atom is -0.378 e. The molecule has 1 N–H and O–H groups in total. The van der Waals surface area contributed by atoms with E-state index in [4.69, 9.17) is 4.74 Å². The van der Waals surface area contributed by atoms with Gasteiger partial charge in [-0.05, 0) is 55.3 Å². The molecule has 0 radical (unpaired) electrons. The highest BCUT2D eigenvalue weighted by molar-refractivity contribution is 7.99. The summed E-state index contributed by atoms with van der Waals surface area (Å²) in [6.45, 7) is 7.51. The van der Waals surface area contributed by atoms with Gasteiger partial charge in [-0.2, -0.15) is 0 Å². The van der Waals surface area contributed by atoms with Gasteiger partial charge in [0, 0.05) is 36.9 Å². The summed E-state index contributed by atoms with van der Waals surface area (Å²) in [5.41, 5.74) is 5.49. The number of carbonyl (C=O) groups is 1. The van der Waals surface area contributed by atoms with Crippen LogP contribution < -0.4 is 10.2 Å². The van der Waals surface area contributed by atoms with Crippen molar-refractivity contribution in [2.45, 2.75) is 19.0 Å². The Balaban J connectivity index is 1.36. The number of amides is 1. The maximum absolute atomic E-state index is 12.5. The molecule has 0 aliphatic carbocycles. The molecule has 2 heterocycles. The summed E-state index contributed by atoms with van der Waals surface area (Å²) in [6.07, 6.45) is 3.71. The van der Waals surface area contributed by atoms with Crippen molar-refractivity contribution in [1.29, 1.82) is 0 Å². The minimum atomic E-state index is -0.0466. The minimum absolute atomic E-state index is 0.0466. The van der Waals surface area contributed by atoms with Crippen molar-refractivity contribution in [3.8, 4) is 5.69 Å². The highest BCUT2D eigenvalue weighted by atomic mass is 32.2. The van der Waals surface area contributed by atoms with Crippen LogP contribution in [0.2, 0.25) is 0 Å². The first-order valence-electron chi connectivity index (χ1n) is 10.1. The molecule has 156 valence electrons. The molecule has 0 unspecified atom stereocenters. The van der Waals surface area contributed by atoms with Crippen LogP contribution in [-0.2, 0) is 9.53 Å². The topological polar surface area (TPSA) is 59.4 Å². The van der Waals surface area contributed by atoms with Crippen molar-refractivity contribution >= 4 is 29.0 Å². The van der Waals surface area contributed by atoms with E-state index in [9.17, 15) is 4.79 Å². The van der Waals surface area contributed by atoms with Gasteiger partial charge in [0.25, 0.3) is 0 Å². The lowest BCUT2D eigenvalue weighted by atomic mass is 10.1. The first-order chi connectivity index (χ1) is 14.6. The number of aryl methyl sites for hydroxylation is 1. The predicted octanol–water partition coefficient (Wildman–Crippen LogP) is 4.06. The summed E-state index contributed by atoms with van der Waals surface area (Å²) in [5, 5.41) is 3.78. The number of aromatic nitrogens is 2. The zero-order chi connectivity index (χ0) is 20.9. The van der Waals surface area contributed by atoms with Gasteiger partial charge >= 0.3 is 0 Å². The van der Waals surface area contributed by atoms with Crippen molar-refractivity contribution < 1.29 is 9.53 Å². The lowest BCUT2D eigenvalue weighted by Gasteiger charge is -2.28. The molecule has 0 spiro atoms. The van der Waals surface area contributed by atoms with Crippen LogP contribution in [0.25, 0.3) is 5.69 Å². The van der Waals surface area contributed by atoms with Gasteiger partial charge in [0.2, 0.25) is 5.91 Å². The van der Waals surface area contributed by atoms with Gasteiger partial charge in [-0.25, -0.2) is 4.98 Å². The maximum atomic E-state index is 12.5. The summed E-state index contributed by atoms with van der Waals surface area (Å²) >= 11 is 1.43. The quantitative estimate of drug-likeness (QED) is 0.607. The summed E-state index contributed by atoms with van der Waals surface area (Å²) in [7, 11) is 0. The van der Waals surface area contributed by atoms with Crippen molar-refractivity contribution in [1.82, 2.24) is 9.55 Å². The van der Waals surface area contributed by atoms with E-state index in [2.05, 4.69) is 41.2 Å². The Morgan fingerprint density at radius 2 is 1.90 bits per heavy atom. The number of rotatable bonds is 6. The average molecular weight is 423 g/mol. The molecule has 1 aliphatic heterocycles. The van der Waals surface area contributed by atoms with E-state index in [-0.39, 0.29) is 5.91 Å². The van der Waals surface area contributed by atoms with Gasteiger partial charge in [-0.3, -0.25) is 9.36 Å². The smallest absolute Gasteiger partial charge is 0.234 e. The molecule has 0 saturated carbocycles. The molecule has 1 saturated heterocycles. The van der Waals surface area contributed by atoms with E-state index in [0.717, 1.165) is 48.5 Å². The van der Waals surface area contributed by atoms with Crippen molar-refractivity contribution in [2.75, 3.05) is 42.3 Å². The van der Waals surface area contributed by atoms with Gasteiger partial charge in [0.15, 0.2) is 5.16 Å². The number of nitrogens with zero attached hydrogens (tertiary/aromatic N) is 3. The second-order valence-corrected chi connectivity index (χ2v) is 8.22. The molecule has 0 bridgehead atoms. The molecule has 30 heavy (non-hydrogen) atoms. The summed E-state index contributed by atoms with van der Waals surface area (Å²) in [5.74, 6) is 0.252. The van der Waals surface area contributed by atoms with Crippen LogP contribution in [0.15, 0.2) is 60.0 Å². The van der Waals surface area contributed by atoms with E-state index < -0.39 is 0 Å². The number of carbonyl (C=O) groups excluding carboxylic acids is 1. The third kappa shape index (κ3) is 4.68. The van der Waals surface area contributed by atoms with Crippen LogP contribution in [0, 0.1) is 13.8 Å². The summed E-state index contributed by atoms with van der Waals surface area (Å²) in [6, 6.07) is 14.2. The Labute approximate surface area is 181 Å². The number of thioether (sulfide) groups is 1. The highest BCUT2D eigenvalue weighted by Crippen LogP contribution is 2.25. The molecule has 1 aromatic heterocycles. The zero-order valence-corrected chi connectivity index (χ0v) is 18.1. The Morgan fingerprint density at radius 1 is 1.13 bits per heavy atom. The van der Waals surface area contributed by atoms with Crippen LogP contribution in [0.3, 0.4) is 0 Å². The second kappa shape index (κ2) is 9.36. The fourth-order valence-electron chi connectivity index (χ4n) is 3.48. The van der Waals surface area contributed by atoms with E-state index >= 15 is 0 Å². The largest absolute Gasteiger partial charge is 0.378 e. The molecule has 2 aromatic carbocycles. The fraction of sp³-hybridized carbons (Fsp3) is 0.304.